The molecule has 0 atom stereocenters. The third kappa shape index (κ3) is 7.04. The highest BCUT2D eigenvalue weighted by Crippen LogP contribution is 2.27. The summed E-state index contributed by atoms with van der Waals surface area (Å²) in [5.41, 5.74) is -2.01. The van der Waals surface area contributed by atoms with Crippen LogP contribution in [0.15, 0.2) is 29.2 Å². The molecule has 1 N–H and O–H groups in total. The number of alkyl halides is 2. The highest BCUT2D eigenvalue weighted by Gasteiger charge is 2.35. The molecule has 2 saturated heterocycles. The van der Waals surface area contributed by atoms with E-state index in [0.29, 0.717) is 39.3 Å². The Morgan fingerprint density at radius 1 is 0.964 bits per heavy atom. The summed E-state index contributed by atoms with van der Waals surface area (Å²) in [6.45, 7) is 2.52. The van der Waals surface area contributed by atoms with Crippen LogP contribution in [0.4, 0.5) is 8.78 Å². The van der Waals surface area contributed by atoms with Crippen LogP contribution in [0.5, 0.6) is 0 Å². The van der Waals surface area contributed by atoms with E-state index in [9.17, 15) is 17.2 Å². The molecule has 2 heterocycles. The zero-order valence-electron chi connectivity index (χ0n) is 16.0. The van der Waals surface area contributed by atoms with Gasteiger partial charge in [-0.1, -0.05) is 17.7 Å². The second-order valence-corrected chi connectivity index (χ2v) is 8.83. The van der Waals surface area contributed by atoms with Gasteiger partial charge in [-0.2, -0.15) is 8.42 Å². The van der Waals surface area contributed by atoms with Gasteiger partial charge in [0.1, 0.15) is 17.9 Å². The molecule has 0 aliphatic carbocycles. The number of hydrogen-bond acceptors (Lipinski definition) is 6. The smallest absolute Gasteiger partial charge is 0.297 e. The number of aliphatic hydroxyl groups is 1. The molecule has 160 valence electrons. The van der Waals surface area contributed by atoms with E-state index in [-0.39, 0.29) is 24.3 Å². The Labute approximate surface area is 164 Å². The number of hydrogen-bond donors (Lipinski definition) is 1. The summed E-state index contributed by atoms with van der Waals surface area (Å²) in [5, 5.41) is 8.52. The van der Waals surface area contributed by atoms with Gasteiger partial charge in [-0.25, -0.2) is 8.78 Å². The Balaban J connectivity index is 0.000000261. The summed E-state index contributed by atoms with van der Waals surface area (Å²) >= 11 is 0. The molecule has 28 heavy (non-hydrogen) atoms. The van der Waals surface area contributed by atoms with Gasteiger partial charge in [0.15, 0.2) is 0 Å². The maximum Gasteiger partial charge on any atom is 0.297 e. The van der Waals surface area contributed by atoms with Crippen molar-refractivity contribution in [1.82, 2.24) is 0 Å². The normalized spacial score (nSPS) is 21.4. The van der Waals surface area contributed by atoms with Crippen LogP contribution in [0.1, 0.15) is 31.2 Å². The first kappa shape index (κ1) is 23.2. The molecule has 9 heteroatoms. The van der Waals surface area contributed by atoms with Gasteiger partial charge in [0, 0.05) is 52.1 Å². The Hall–Kier alpha value is -1.13. The van der Waals surface area contributed by atoms with Crippen LogP contribution in [-0.2, 0) is 23.8 Å². The molecule has 0 amide bonds. The van der Waals surface area contributed by atoms with Crippen LogP contribution in [0.25, 0.3) is 0 Å². The number of ether oxygens (including phenoxy) is 2. The van der Waals surface area contributed by atoms with E-state index in [4.69, 9.17) is 18.8 Å². The quantitative estimate of drug-likeness (QED) is 0.735. The Morgan fingerprint density at radius 2 is 1.43 bits per heavy atom. The summed E-state index contributed by atoms with van der Waals surface area (Å²) in [6, 6.07) is 6.27. The summed E-state index contributed by atoms with van der Waals surface area (Å²) < 4.78 is 65.8. The largest absolute Gasteiger partial charge is 0.393 e. The van der Waals surface area contributed by atoms with Crippen molar-refractivity contribution >= 4 is 10.1 Å². The molecule has 0 spiro atoms. The van der Waals surface area contributed by atoms with E-state index < -0.39 is 28.1 Å². The minimum Gasteiger partial charge on any atom is -0.393 e. The van der Waals surface area contributed by atoms with Crippen molar-refractivity contribution in [3.8, 4) is 0 Å². The molecule has 2 aliphatic rings. The van der Waals surface area contributed by atoms with E-state index in [1.165, 1.54) is 12.1 Å². The zero-order valence-corrected chi connectivity index (χ0v) is 16.8. The standard InChI is InChI=1S/C13H17FO4S.C6H11FO2/c1-11-2-4-12(5-3-11)19(15,16)18-10-13(14)6-8-17-9-7-13;7-6(5-8)1-3-9-4-2-6/h2-5H,6-10H2,1H3;8H,1-5H2. The minimum absolute atomic E-state index is 0.0498. The third-order valence-electron chi connectivity index (χ3n) is 4.84. The van der Waals surface area contributed by atoms with Gasteiger partial charge in [-0.15, -0.1) is 0 Å². The topological polar surface area (TPSA) is 82.1 Å². The van der Waals surface area contributed by atoms with E-state index >= 15 is 0 Å². The fourth-order valence-electron chi connectivity index (χ4n) is 2.73. The number of benzene rings is 1. The van der Waals surface area contributed by atoms with Crippen LogP contribution >= 0.6 is 0 Å². The molecule has 2 aliphatic heterocycles. The SMILES string of the molecule is Cc1ccc(S(=O)(=O)OCC2(F)CCOCC2)cc1.OCC1(F)CCOCC1. The van der Waals surface area contributed by atoms with Gasteiger partial charge in [-0.3, -0.25) is 4.18 Å². The Kier molecular flexibility index (Phi) is 8.32. The lowest BCUT2D eigenvalue weighted by atomic mass is 9.98. The molecule has 1 aromatic carbocycles. The molecule has 0 unspecified atom stereocenters. The van der Waals surface area contributed by atoms with Crippen LogP contribution in [0.2, 0.25) is 0 Å². The van der Waals surface area contributed by atoms with E-state index in [1.54, 1.807) is 12.1 Å². The molecule has 1 aromatic rings. The van der Waals surface area contributed by atoms with E-state index in [2.05, 4.69) is 0 Å². The molecule has 0 saturated carbocycles. The van der Waals surface area contributed by atoms with Crippen LogP contribution < -0.4 is 0 Å². The predicted molar refractivity (Wildman–Crippen MR) is 99.2 cm³/mol. The molecular weight excluding hydrogens is 394 g/mol. The van der Waals surface area contributed by atoms with Crippen molar-refractivity contribution in [3.05, 3.63) is 29.8 Å². The fraction of sp³-hybridized carbons (Fsp3) is 0.684. The number of halogens is 2. The lowest BCUT2D eigenvalue weighted by Gasteiger charge is -2.28. The summed E-state index contributed by atoms with van der Waals surface area (Å²) in [7, 11) is -3.90. The second kappa shape index (κ2) is 10.1. The first-order valence-corrected chi connectivity index (χ1v) is 10.7. The number of rotatable bonds is 5. The highest BCUT2D eigenvalue weighted by molar-refractivity contribution is 7.86. The molecule has 2 fully saturated rings. The molecule has 0 bridgehead atoms. The summed E-state index contributed by atoms with van der Waals surface area (Å²) in [5.74, 6) is 0. The predicted octanol–water partition coefficient (Wildman–Crippen LogP) is 2.72. The molecule has 6 nitrogen and oxygen atoms in total. The molecule has 0 aromatic heterocycles. The van der Waals surface area contributed by atoms with Gasteiger partial charge in [0.2, 0.25) is 0 Å². The fourth-order valence-corrected chi connectivity index (χ4v) is 3.70. The minimum atomic E-state index is -3.90. The summed E-state index contributed by atoms with van der Waals surface area (Å²) in [6.07, 6.45) is 1.000. The van der Waals surface area contributed by atoms with Crippen LogP contribution in [0, 0.1) is 6.92 Å². The summed E-state index contributed by atoms with van der Waals surface area (Å²) in [4.78, 5) is 0.0498. The first-order valence-electron chi connectivity index (χ1n) is 9.28. The van der Waals surface area contributed by atoms with E-state index in [0.717, 1.165) is 5.56 Å². The van der Waals surface area contributed by atoms with Crippen molar-refractivity contribution in [2.45, 2.75) is 48.8 Å². The van der Waals surface area contributed by atoms with Gasteiger partial charge >= 0.3 is 0 Å². The Morgan fingerprint density at radius 3 is 1.86 bits per heavy atom. The lowest BCUT2D eigenvalue weighted by Crippen LogP contribution is -2.37. The van der Waals surface area contributed by atoms with Crippen molar-refractivity contribution < 1.29 is 36.0 Å². The third-order valence-corrected chi connectivity index (χ3v) is 6.12. The van der Waals surface area contributed by atoms with Crippen molar-refractivity contribution in [2.75, 3.05) is 39.6 Å². The molecule has 3 rings (SSSR count). The number of aryl methyl sites for hydroxylation is 1. The first-order chi connectivity index (χ1) is 13.2. The van der Waals surface area contributed by atoms with Crippen molar-refractivity contribution in [3.63, 3.8) is 0 Å². The maximum absolute atomic E-state index is 14.2. The Bertz CT molecular complexity index is 696. The van der Waals surface area contributed by atoms with Gasteiger partial charge < -0.3 is 14.6 Å². The van der Waals surface area contributed by atoms with Crippen molar-refractivity contribution in [2.24, 2.45) is 0 Å². The zero-order chi connectivity index (χ0) is 20.7. The average Bonchev–Trinajstić information content (AvgIpc) is 2.69. The molecular formula is C19H28F2O6S. The monoisotopic (exact) mass is 422 g/mol. The second-order valence-electron chi connectivity index (χ2n) is 7.21. The molecule has 0 radical (unpaired) electrons. The van der Waals surface area contributed by atoms with Crippen LogP contribution in [-0.4, -0.2) is 64.5 Å². The van der Waals surface area contributed by atoms with E-state index in [1.807, 2.05) is 6.92 Å². The highest BCUT2D eigenvalue weighted by atomic mass is 32.2. The van der Waals surface area contributed by atoms with Crippen LogP contribution in [0.3, 0.4) is 0 Å². The lowest BCUT2D eigenvalue weighted by molar-refractivity contribution is -0.0380. The van der Waals surface area contributed by atoms with Gasteiger partial charge in [-0.05, 0) is 19.1 Å². The van der Waals surface area contributed by atoms with Gasteiger partial charge in [0.05, 0.1) is 11.5 Å². The van der Waals surface area contributed by atoms with Crippen molar-refractivity contribution in [1.29, 1.82) is 0 Å². The van der Waals surface area contributed by atoms with Gasteiger partial charge in [0.25, 0.3) is 10.1 Å². The number of aliphatic hydroxyl groups excluding tert-OH is 1. The maximum atomic E-state index is 14.2. The average molecular weight is 422 g/mol.